The Morgan fingerprint density at radius 2 is 1.96 bits per heavy atom. The van der Waals surface area contributed by atoms with Crippen molar-refractivity contribution in [2.24, 2.45) is 0 Å². The van der Waals surface area contributed by atoms with Crippen molar-refractivity contribution in [2.75, 3.05) is 7.05 Å². The SMILES string of the molecule is CN(Cc1nc2ccccc2s1)C(=O)CCc1ccc(C#N)cc1. The van der Waals surface area contributed by atoms with E-state index in [4.69, 9.17) is 5.26 Å². The monoisotopic (exact) mass is 335 g/mol. The summed E-state index contributed by atoms with van der Waals surface area (Å²) in [7, 11) is 1.81. The average molecular weight is 335 g/mol. The number of nitriles is 1. The van der Waals surface area contributed by atoms with Crippen molar-refractivity contribution in [3.63, 3.8) is 0 Å². The van der Waals surface area contributed by atoms with E-state index >= 15 is 0 Å². The maximum atomic E-state index is 12.3. The Morgan fingerprint density at radius 1 is 1.21 bits per heavy atom. The van der Waals surface area contributed by atoms with Crippen LogP contribution in [-0.2, 0) is 17.8 Å². The second-order valence-corrected chi connectivity index (χ2v) is 6.75. The lowest BCUT2D eigenvalue weighted by Gasteiger charge is -2.15. The first kappa shape index (κ1) is 16.2. The molecule has 0 saturated heterocycles. The number of amides is 1. The number of hydrogen-bond acceptors (Lipinski definition) is 4. The third kappa shape index (κ3) is 3.79. The molecule has 0 N–H and O–H groups in total. The minimum atomic E-state index is 0.0959. The number of para-hydroxylation sites is 1. The van der Waals surface area contributed by atoms with Gasteiger partial charge < -0.3 is 4.90 Å². The van der Waals surface area contributed by atoms with Crippen LogP contribution in [0.3, 0.4) is 0 Å². The van der Waals surface area contributed by atoms with Gasteiger partial charge in [-0.05, 0) is 36.2 Å². The van der Waals surface area contributed by atoms with Crippen LogP contribution in [0.25, 0.3) is 10.2 Å². The standard InChI is InChI=1S/C19H17N3OS/c1-22(13-18-21-16-4-2-3-5-17(16)24-18)19(23)11-10-14-6-8-15(12-20)9-7-14/h2-9H,10-11,13H2,1H3. The molecule has 1 heterocycles. The lowest BCUT2D eigenvalue weighted by atomic mass is 10.1. The van der Waals surface area contributed by atoms with Crippen LogP contribution in [0.4, 0.5) is 0 Å². The van der Waals surface area contributed by atoms with Crippen LogP contribution in [0.15, 0.2) is 48.5 Å². The molecule has 1 aromatic heterocycles. The molecule has 0 saturated carbocycles. The van der Waals surface area contributed by atoms with Gasteiger partial charge in [-0.2, -0.15) is 5.26 Å². The van der Waals surface area contributed by atoms with Gasteiger partial charge >= 0.3 is 0 Å². The highest BCUT2D eigenvalue weighted by molar-refractivity contribution is 7.18. The normalized spacial score (nSPS) is 10.5. The first-order valence-electron chi connectivity index (χ1n) is 7.73. The summed E-state index contributed by atoms with van der Waals surface area (Å²) < 4.78 is 1.14. The molecule has 3 rings (SSSR count). The fourth-order valence-electron chi connectivity index (χ4n) is 2.47. The van der Waals surface area contributed by atoms with E-state index in [1.807, 2.05) is 43.4 Å². The molecule has 0 aliphatic rings. The molecule has 24 heavy (non-hydrogen) atoms. The molecule has 0 aliphatic heterocycles. The van der Waals surface area contributed by atoms with Gasteiger partial charge in [0.05, 0.1) is 28.4 Å². The minimum Gasteiger partial charge on any atom is -0.339 e. The molecule has 2 aromatic carbocycles. The van der Waals surface area contributed by atoms with Crippen molar-refractivity contribution in [1.82, 2.24) is 9.88 Å². The summed E-state index contributed by atoms with van der Waals surface area (Å²) in [5.74, 6) is 0.0959. The maximum absolute atomic E-state index is 12.3. The highest BCUT2D eigenvalue weighted by atomic mass is 32.1. The molecule has 5 heteroatoms. The van der Waals surface area contributed by atoms with E-state index in [1.165, 1.54) is 0 Å². The fraction of sp³-hybridized carbons (Fsp3) is 0.211. The van der Waals surface area contributed by atoms with E-state index in [0.29, 0.717) is 24.9 Å². The Labute approximate surface area is 145 Å². The lowest BCUT2D eigenvalue weighted by Crippen LogP contribution is -2.26. The van der Waals surface area contributed by atoms with Gasteiger partial charge in [0.25, 0.3) is 0 Å². The molecular formula is C19H17N3OS. The number of carbonyl (C=O) groups excluding carboxylic acids is 1. The third-order valence-corrected chi connectivity index (χ3v) is 4.87. The van der Waals surface area contributed by atoms with Crippen LogP contribution in [0, 0.1) is 11.3 Å². The second kappa shape index (κ2) is 7.24. The van der Waals surface area contributed by atoms with Gasteiger partial charge in [-0.25, -0.2) is 4.98 Å². The summed E-state index contributed by atoms with van der Waals surface area (Å²) in [6, 6.07) is 17.5. The molecule has 3 aromatic rings. The summed E-state index contributed by atoms with van der Waals surface area (Å²) in [4.78, 5) is 18.6. The van der Waals surface area contributed by atoms with Crippen molar-refractivity contribution < 1.29 is 4.79 Å². The van der Waals surface area contributed by atoms with Crippen molar-refractivity contribution >= 4 is 27.5 Å². The third-order valence-electron chi connectivity index (χ3n) is 3.85. The van der Waals surface area contributed by atoms with Crippen LogP contribution < -0.4 is 0 Å². The fourth-order valence-corrected chi connectivity index (χ4v) is 3.49. The van der Waals surface area contributed by atoms with Crippen molar-refractivity contribution in [2.45, 2.75) is 19.4 Å². The smallest absolute Gasteiger partial charge is 0.223 e. The van der Waals surface area contributed by atoms with Crippen LogP contribution in [0.2, 0.25) is 0 Å². The molecule has 0 aliphatic carbocycles. The molecule has 0 radical (unpaired) electrons. The van der Waals surface area contributed by atoms with E-state index in [1.54, 1.807) is 28.4 Å². The molecule has 0 bridgehead atoms. The molecule has 0 atom stereocenters. The number of carbonyl (C=O) groups is 1. The van der Waals surface area contributed by atoms with Gasteiger partial charge in [0, 0.05) is 13.5 Å². The summed E-state index contributed by atoms with van der Waals surface area (Å²) in [5, 5.41) is 9.75. The quantitative estimate of drug-likeness (QED) is 0.713. The van der Waals surface area contributed by atoms with Crippen molar-refractivity contribution in [3.8, 4) is 6.07 Å². The predicted molar refractivity (Wildman–Crippen MR) is 95.6 cm³/mol. The Kier molecular flexibility index (Phi) is 4.88. The largest absolute Gasteiger partial charge is 0.339 e. The maximum Gasteiger partial charge on any atom is 0.223 e. The summed E-state index contributed by atoms with van der Waals surface area (Å²) in [6.07, 6.45) is 1.13. The van der Waals surface area contributed by atoms with Gasteiger partial charge in [-0.3, -0.25) is 4.79 Å². The summed E-state index contributed by atoms with van der Waals surface area (Å²) in [5.41, 5.74) is 2.68. The first-order chi connectivity index (χ1) is 11.7. The van der Waals surface area contributed by atoms with Crippen molar-refractivity contribution in [3.05, 3.63) is 64.7 Å². The average Bonchev–Trinajstić information content (AvgIpc) is 3.02. The van der Waals surface area contributed by atoms with Crippen LogP contribution in [0.5, 0.6) is 0 Å². The number of fused-ring (bicyclic) bond motifs is 1. The number of nitrogens with zero attached hydrogens (tertiary/aromatic N) is 3. The Morgan fingerprint density at radius 3 is 2.67 bits per heavy atom. The summed E-state index contributed by atoms with van der Waals surface area (Å²) in [6.45, 7) is 0.533. The van der Waals surface area contributed by atoms with Gasteiger partial charge in [-0.15, -0.1) is 11.3 Å². The van der Waals surface area contributed by atoms with Gasteiger partial charge in [0.2, 0.25) is 5.91 Å². The van der Waals surface area contributed by atoms with Gasteiger partial charge in [0.15, 0.2) is 0 Å². The number of aryl methyl sites for hydroxylation is 1. The minimum absolute atomic E-state index is 0.0959. The van der Waals surface area contributed by atoms with E-state index in [2.05, 4.69) is 11.1 Å². The molecule has 4 nitrogen and oxygen atoms in total. The van der Waals surface area contributed by atoms with Gasteiger partial charge in [0.1, 0.15) is 5.01 Å². The first-order valence-corrected chi connectivity index (χ1v) is 8.55. The van der Waals surface area contributed by atoms with E-state index in [0.717, 1.165) is 20.8 Å². The van der Waals surface area contributed by atoms with Crippen LogP contribution in [0.1, 0.15) is 22.6 Å². The number of benzene rings is 2. The molecule has 0 fully saturated rings. The molecular weight excluding hydrogens is 318 g/mol. The van der Waals surface area contributed by atoms with E-state index in [9.17, 15) is 4.79 Å². The number of aromatic nitrogens is 1. The number of thiazole rings is 1. The van der Waals surface area contributed by atoms with Crippen LogP contribution in [-0.4, -0.2) is 22.8 Å². The Balaban J connectivity index is 1.56. The van der Waals surface area contributed by atoms with Crippen LogP contribution >= 0.6 is 11.3 Å². The number of hydrogen-bond donors (Lipinski definition) is 0. The van der Waals surface area contributed by atoms with E-state index < -0.39 is 0 Å². The van der Waals surface area contributed by atoms with Gasteiger partial charge in [-0.1, -0.05) is 24.3 Å². The zero-order chi connectivity index (χ0) is 16.9. The van der Waals surface area contributed by atoms with Crippen molar-refractivity contribution in [1.29, 1.82) is 5.26 Å². The topological polar surface area (TPSA) is 57.0 Å². The zero-order valence-corrected chi connectivity index (χ0v) is 14.2. The lowest BCUT2D eigenvalue weighted by molar-refractivity contribution is -0.130. The Hall–Kier alpha value is -2.71. The second-order valence-electron chi connectivity index (χ2n) is 5.63. The Bertz CT molecular complexity index is 860. The molecule has 0 spiro atoms. The molecule has 0 unspecified atom stereocenters. The zero-order valence-electron chi connectivity index (χ0n) is 13.4. The summed E-state index contributed by atoms with van der Waals surface area (Å²) >= 11 is 1.63. The number of rotatable bonds is 5. The molecule has 1 amide bonds. The molecule has 120 valence electrons. The van der Waals surface area contributed by atoms with E-state index in [-0.39, 0.29) is 5.91 Å². The highest BCUT2D eigenvalue weighted by Gasteiger charge is 2.12. The predicted octanol–water partition coefficient (Wildman–Crippen LogP) is 3.76. The highest BCUT2D eigenvalue weighted by Crippen LogP contribution is 2.22.